The van der Waals surface area contributed by atoms with E-state index in [9.17, 15) is 14.4 Å². The molecule has 2 saturated heterocycles. The maximum Gasteiger partial charge on any atom is 0.410 e. The topological polar surface area (TPSA) is 89.3 Å². The molecule has 0 atom stereocenters. The minimum absolute atomic E-state index is 0.0907. The van der Waals surface area contributed by atoms with E-state index in [0.29, 0.717) is 43.1 Å². The number of piperidine rings is 1. The Kier molecular flexibility index (Phi) is 5.40. The van der Waals surface area contributed by atoms with Gasteiger partial charge in [0.05, 0.1) is 11.9 Å². The summed E-state index contributed by atoms with van der Waals surface area (Å²) in [5.41, 5.74) is 2.31. The third-order valence-corrected chi connectivity index (χ3v) is 6.06. The van der Waals surface area contributed by atoms with Crippen LogP contribution in [0.15, 0.2) is 21.3 Å². The van der Waals surface area contributed by atoms with E-state index in [1.54, 1.807) is 22.8 Å². The van der Waals surface area contributed by atoms with E-state index < -0.39 is 0 Å². The standard InChI is InChI=1S/C22H26N2O6/c1-13-10-17(20-14(2)15(3)21(26)30-18(20)11-13)29-12-19(25)23-6-4-16(5-7-23)24-8-9-28-22(24)27/h10-11,16H,4-9,12H2,1-3H3. The zero-order chi connectivity index (χ0) is 21.4. The first-order valence-corrected chi connectivity index (χ1v) is 10.2. The van der Waals surface area contributed by atoms with Crippen LogP contribution in [0.5, 0.6) is 5.75 Å². The van der Waals surface area contributed by atoms with Crippen LogP contribution in [0.3, 0.4) is 0 Å². The predicted molar refractivity (Wildman–Crippen MR) is 110 cm³/mol. The van der Waals surface area contributed by atoms with Crippen LogP contribution in [-0.2, 0) is 9.53 Å². The van der Waals surface area contributed by atoms with Crippen LogP contribution in [-0.4, -0.2) is 60.7 Å². The maximum absolute atomic E-state index is 12.7. The molecule has 0 radical (unpaired) electrons. The number of carbonyl (C=O) groups excluding carboxylic acids is 2. The summed E-state index contributed by atoms with van der Waals surface area (Å²) in [6, 6.07) is 3.78. The summed E-state index contributed by atoms with van der Waals surface area (Å²) < 4.78 is 16.3. The van der Waals surface area contributed by atoms with Gasteiger partial charge in [0, 0.05) is 24.7 Å². The molecule has 160 valence electrons. The van der Waals surface area contributed by atoms with Crippen molar-refractivity contribution in [3.05, 3.63) is 39.2 Å². The van der Waals surface area contributed by atoms with Gasteiger partial charge in [0.25, 0.3) is 5.91 Å². The van der Waals surface area contributed by atoms with Crippen molar-refractivity contribution in [2.24, 2.45) is 0 Å². The number of benzene rings is 1. The largest absolute Gasteiger partial charge is 0.483 e. The molecule has 2 aliphatic rings. The molecule has 1 aromatic carbocycles. The first-order valence-electron chi connectivity index (χ1n) is 10.2. The fourth-order valence-electron chi connectivity index (χ4n) is 4.20. The van der Waals surface area contributed by atoms with E-state index in [-0.39, 0.29) is 30.3 Å². The monoisotopic (exact) mass is 414 g/mol. The Morgan fingerprint density at radius 2 is 1.83 bits per heavy atom. The molecule has 0 aliphatic carbocycles. The van der Waals surface area contributed by atoms with Crippen LogP contribution in [0.25, 0.3) is 11.0 Å². The Hall–Kier alpha value is -3.03. The molecule has 2 aliphatic heterocycles. The number of likely N-dealkylation sites (tertiary alicyclic amines) is 1. The van der Waals surface area contributed by atoms with Crippen LogP contribution in [0.2, 0.25) is 0 Å². The Balaban J connectivity index is 1.43. The van der Waals surface area contributed by atoms with E-state index in [2.05, 4.69) is 0 Å². The molecule has 2 amide bonds. The van der Waals surface area contributed by atoms with Crippen LogP contribution < -0.4 is 10.4 Å². The lowest BCUT2D eigenvalue weighted by Gasteiger charge is -2.35. The molecule has 2 fully saturated rings. The second-order valence-corrected chi connectivity index (χ2v) is 7.98. The van der Waals surface area contributed by atoms with Gasteiger partial charge in [-0.05, 0) is 56.9 Å². The molecule has 4 rings (SSSR count). The number of amides is 2. The van der Waals surface area contributed by atoms with Crippen LogP contribution in [0, 0.1) is 20.8 Å². The fourth-order valence-corrected chi connectivity index (χ4v) is 4.20. The number of cyclic esters (lactones) is 1. The molecular weight excluding hydrogens is 388 g/mol. The normalized spacial score (nSPS) is 17.5. The second kappa shape index (κ2) is 8.01. The summed E-state index contributed by atoms with van der Waals surface area (Å²) in [7, 11) is 0. The summed E-state index contributed by atoms with van der Waals surface area (Å²) in [6.45, 7) is 7.59. The number of nitrogens with zero attached hydrogens (tertiary/aromatic N) is 2. The van der Waals surface area contributed by atoms with Crippen molar-refractivity contribution in [2.45, 2.75) is 39.7 Å². The van der Waals surface area contributed by atoms with Gasteiger partial charge in [-0.15, -0.1) is 0 Å². The van der Waals surface area contributed by atoms with Gasteiger partial charge in [-0.3, -0.25) is 4.79 Å². The molecule has 30 heavy (non-hydrogen) atoms. The zero-order valence-electron chi connectivity index (χ0n) is 17.5. The first kappa shape index (κ1) is 20.3. The van der Waals surface area contributed by atoms with Gasteiger partial charge in [-0.25, -0.2) is 9.59 Å². The van der Waals surface area contributed by atoms with Gasteiger partial charge >= 0.3 is 11.7 Å². The molecule has 0 bridgehead atoms. The Labute approximate surface area is 174 Å². The molecule has 8 heteroatoms. The number of carbonyl (C=O) groups is 2. The lowest BCUT2D eigenvalue weighted by molar-refractivity contribution is -0.134. The van der Waals surface area contributed by atoms with Crippen molar-refractivity contribution >= 4 is 23.0 Å². The molecule has 0 saturated carbocycles. The van der Waals surface area contributed by atoms with Crippen molar-refractivity contribution in [3.63, 3.8) is 0 Å². The fraction of sp³-hybridized carbons (Fsp3) is 0.500. The van der Waals surface area contributed by atoms with E-state index in [0.717, 1.165) is 29.4 Å². The number of hydrogen-bond donors (Lipinski definition) is 0. The zero-order valence-corrected chi connectivity index (χ0v) is 17.5. The van der Waals surface area contributed by atoms with E-state index in [4.69, 9.17) is 13.9 Å². The number of fused-ring (bicyclic) bond motifs is 1. The highest BCUT2D eigenvalue weighted by atomic mass is 16.6. The first-order chi connectivity index (χ1) is 14.3. The lowest BCUT2D eigenvalue weighted by Crippen LogP contribution is -2.48. The molecule has 8 nitrogen and oxygen atoms in total. The minimum Gasteiger partial charge on any atom is -0.483 e. The third kappa shape index (κ3) is 3.74. The second-order valence-electron chi connectivity index (χ2n) is 7.98. The van der Waals surface area contributed by atoms with Crippen LogP contribution in [0.4, 0.5) is 4.79 Å². The average Bonchev–Trinajstić information content (AvgIpc) is 3.15. The van der Waals surface area contributed by atoms with Crippen molar-refractivity contribution in [2.75, 3.05) is 32.8 Å². The molecule has 0 N–H and O–H groups in total. The van der Waals surface area contributed by atoms with Crippen molar-refractivity contribution in [1.29, 1.82) is 0 Å². The van der Waals surface area contributed by atoms with Gasteiger partial charge in [0.2, 0.25) is 0 Å². The predicted octanol–water partition coefficient (Wildman–Crippen LogP) is 2.54. The smallest absolute Gasteiger partial charge is 0.410 e. The average molecular weight is 414 g/mol. The highest BCUT2D eigenvalue weighted by Crippen LogP contribution is 2.31. The molecule has 1 aromatic heterocycles. The summed E-state index contributed by atoms with van der Waals surface area (Å²) in [5.74, 6) is 0.441. The maximum atomic E-state index is 12.7. The van der Waals surface area contributed by atoms with Gasteiger partial charge in [-0.2, -0.15) is 0 Å². The third-order valence-electron chi connectivity index (χ3n) is 6.06. The lowest BCUT2D eigenvalue weighted by atomic mass is 10.0. The number of hydrogen-bond acceptors (Lipinski definition) is 6. The molecule has 2 aromatic rings. The minimum atomic E-state index is -0.364. The van der Waals surface area contributed by atoms with Crippen LogP contribution >= 0.6 is 0 Å². The Bertz CT molecular complexity index is 1050. The summed E-state index contributed by atoms with van der Waals surface area (Å²) in [6.07, 6.45) is 1.21. The highest BCUT2D eigenvalue weighted by molar-refractivity contribution is 5.88. The Morgan fingerprint density at radius 3 is 2.50 bits per heavy atom. The molecular formula is C22H26N2O6. The van der Waals surface area contributed by atoms with Gasteiger partial charge < -0.3 is 23.7 Å². The molecule has 0 spiro atoms. The number of rotatable bonds is 4. The van der Waals surface area contributed by atoms with Crippen molar-refractivity contribution in [3.8, 4) is 5.75 Å². The summed E-state index contributed by atoms with van der Waals surface area (Å²) in [4.78, 5) is 40.0. The molecule has 0 unspecified atom stereocenters. The number of aryl methyl sites for hydroxylation is 2. The Morgan fingerprint density at radius 1 is 1.10 bits per heavy atom. The number of ether oxygens (including phenoxy) is 2. The quantitative estimate of drug-likeness (QED) is 0.715. The highest BCUT2D eigenvalue weighted by Gasteiger charge is 2.33. The van der Waals surface area contributed by atoms with E-state index in [1.165, 1.54) is 0 Å². The van der Waals surface area contributed by atoms with E-state index in [1.807, 2.05) is 19.9 Å². The van der Waals surface area contributed by atoms with Gasteiger partial charge in [0.1, 0.15) is 17.9 Å². The SMILES string of the molecule is Cc1cc(OCC(=O)N2CCC(N3CCOC3=O)CC2)c2c(C)c(C)c(=O)oc2c1. The van der Waals surface area contributed by atoms with Crippen LogP contribution in [0.1, 0.15) is 29.5 Å². The van der Waals surface area contributed by atoms with E-state index >= 15 is 0 Å². The van der Waals surface area contributed by atoms with Gasteiger partial charge in [-0.1, -0.05) is 0 Å². The summed E-state index contributed by atoms with van der Waals surface area (Å²) in [5, 5.41) is 0.719. The van der Waals surface area contributed by atoms with Crippen molar-refractivity contribution < 1.29 is 23.5 Å². The molecule has 3 heterocycles. The van der Waals surface area contributed by atoms with Crippen molar-refractivity contribution in [1.82, 2.24) is 9.80 Å². The summed E-state index contributed by atoms with van der Waals surface area (Å²) >= 11 is 0. The van der Waals surface area contributed by atoms with Gasteiger partial charge in [0.15, 0.2) is 6.61 Å².